The summed E-state index contributed by atoms with van der Waals surface area (Å²) in [6, 6.07) is 7.81. The molecule has 0 atom stereocenters. The van der Waals surface area contributed by atoms with Gasteiger partial charge in [-0.15, -0.1) is 0 Å². The second-order valence-electron chi connectivity index (χ2n) is 5.21. The number of hydrogen-bond acceptors (Lipinski definition) is 4. The van der Waals surface area contributed by atoms with Gasteiger partial charge in [-0.1, -0.05) is 12.1 Å². The number of nitrogens with two attached hydrogens (primary N) is 1. The Hall–Kier alpha value is -1.15. The predicted molar refractivity (Wildman–Crippen MR) is 80.3 cm³/mol. The molecule has 1 aromatic carbocycles. The Morgan fingerprint density at radius 3 is 2.15 bits per heavy atom. The average molecular weight is 298 g/mol. The Kier molecular flexibility index (Phi) is 4.64. The molecule has 1 heterocycles. The van der Waals surface area contributed by atoms with Crippen LogP contribution in [0.2, 0.25) is 0 Å². The van der Waals surface area contributed by atoms with Crippen LogP contribution in [0.15, 0.2) is 24.3 Å². The third kappa shape index (κ3) is 3.49. The molecular formula is C13H22N4O2S. The minimum Gasteiger partial charge on any atom is -0.399 e. The van der Waals surface area contributed by atoms with Crippen molar-refractivity contribution in [2.45, 2.75) is 6.54 Å². The van der Waals surface area contributed by atoms with E-state index in [1.54, 1.807) is 14.1 Å². The molecule has 0 unspecified atom stereocenters. The van der Waals surface area contributed by atoms with Gasteiger partial charge >= 0.3 is 0 Å². The molecule has 112 valence electrons. The molecule has 0 spiro atoms. The van der Waals surface area contributed by atoms with Crippen LogP contribution in [0.25, 0.3) is 0 Å². The molecule has 0 aliphatic carbocycles. The monoisotopic (exact) mass is 298 g/mol. The number of nitrogens with zero attached hydrogens (tertiary/aromatic N) is 3. The molecule has 0 radical (unpaired) electrons. The van der Waals surface area contributed by atoms with Gasteiger partial charge in [0.05, 0.1) is 0 Å². The van der Waals surface area contributed by atoms with Gasteiger partial charge in [0, 0.05) is 52.5 Å². The van der Waals surface area contributed by atoms with E-state index in [0.29, 0.717) is 13.1 Å². The number of hydrogen-bond donors (Lipinski definition) is 1. The fourth-order valence-corrected chi connectivity index (χ4v) is 3.32. The highest BCUT2D eigenvalue weighted by Crippen LogP contribution is 2.13. The molecule has 0 bridgehead atoms. The molecular weight excluding hydrogens is 276 g/mol. The Labute approximate surface area is 120 Å². The van der Waals surface area contributed by atoms with E-state index in [1.807, 2.05) is 24.3 Å². The molecule has 1 fully saturated rings. The zero-order chi connectivity index (χ0) is 14.8. The topological polar surface area (TPSA) is 69.9 Å². The maximum absolute atomic E-state index is 12.0. The van der Waals surface area contributed by atoms with Crippen molar-refractivity contribution in [2.24, 2.45) is 0 Å². The molecule has 0 saturated carbocycles. The van der Waals surface area contributed by atoms with Crippen molar-refractivity contribution in [3.05, 3.63) is 29.8 Å². The number of piperazine rings is 1. The molecule has 2 N–H and O–H groups in total. The van der Waals surface area contributed by atoms with Crippen LogP contribution in [0.1, 0.15) is 5.56 Å². The summed E-state index contributed by atoms with van der Waals surface area (Å²) in [4.78, 5) is 2.26. The van der Waals surface area contributed by atoms with Crippen LogP contribution in [-0.2, 0) is 16.8 Å². The van der Waals surface area contributed by atoms with Crippen molar-refractivity contribution in [1.29, 1.82) is 0 Å². The first-order valence-electron chi connectivity index (χ1n) is 6.64. The molecule has 1 aliphatic heterocycles. The maximum Gasteiger partial charge on any atom is 0.281 e. The molecule has 7 heteroatoms. The average Bonchev–Trinajstić information content (AvgIpc) is 2.42. The van der Waals surface area contributed by atoms with Crippen molar-refractivity contribution in [2.75, 3.05) is 46.0 Å². The first-order chi connectivity index (χ1) is 9.39. The third-order valence-corrected chi connectivity index (χ3v) is 5.45. The Morgan fingerprint density at radius 1 is 1.10 bits per heavy atom. The van der Waals surface area contributed by atoms with Crippen molar-refractivity contribution < 1.29 is 8.42 Å². The van der Waals surface area contributed by atoms with Gasteiger partial charge < -0.3 is 5.73 Å². The van der Waals surface area contributed by atoms with Gasteiger partial charge in [0.1, 0.15) is 0 Å². The number of nitrogen functional groups attached to an aromatic ring is 1. The lowest BCUT2D eigenvalue weighted by atomic mass is 10.2. The SMILES string of the molecule is CN(C)S(=O)(=O)N1CCN(Cc2ccc(N)cc2)CC1. The summed E-state index contributed by atoms with van der Waals surface area (Å²) in [5, 5.41) is 0. The fourth-order valence-electron chi connectivity index (χ4n) is 2.23. The number of rotatable bonds is 4. The van der Waals surface area contributed by atoms with Crippen LogP contribution in [0.5, 0.6) is 0 Å². The van der Waals surface area contributed by atoms with Gasteiger partial charge in [-0.3, -0.25) is 4.90 Å². The molecule has 1 aliphatic rings. The standard InChI is InChI=1S/C13H22N4O2S/c1-15(2)20(18,19)17-9-7-16(8-10-17)11-12-3-5-13(14)6-4-12/h3-6H,7-11,14H2,1-2H3. The van der Waals surface area contributed by atoms with Gasteiger partial charge in [0.2, 0.25) is 0 Å². The van der Waals surface area contributed by atoms with Crippen LogP contribution in [-0.4, -0.2) is 62.2 Å². The van der Waals surface area contributed by atoms with Crippen molar-refractivity contribution in [3.63, 3.8) is 0 Å². The van der Waals surface area contributed by atoms with Gasteiger partial charge in [0.25, 0.3) is 10.2 Å². The highest BCUT2D eigenvalue weighted by Gasteiger charge is 2.28. The summed E-state index contributed by atoms with van der Waals surface area (Å²) in [5.41, 5.74) is 7.62. The summed E-state index contributed by atoms with van der Waals surface area (Å²) in [6.07, 6.45) is 0. The summed E-state index contributed by atoms with van der Waals surface area (Å²) in [5.74, 6) is 0. The van der Waals surface area contributed by atoms with E-state index in [2.05, 4.69) is 4.90 Å². The highest BCUT2D eigenvalue weighted by molar-refractivity contribution is 7.86. The minimum absolute atomic E-state index is 0.537. The van der Waals surface area contributed by atoms with Crippen molar-refractivity contribution in [3.8, 4) is 0 Å². The quantitative estimate of drug-likeness (QED) is 0.806. The van der Waals surface area contributed by atoms with Gasteiger partial charge in [-0.2, -0.15) is 17.0 Å². The summed E-state index contributed by atoms with van der Waals surface area (Å²) in [7, 11) is -0.147. The molecule has 2 rings (SSSR count). The van der Waals surface area contributed by atoms with Crippen LogP contribution in [0.3, 0.4) is 0 Å². The van der Waals surface area contributed by atoms with Crippen LogP contribution in [0, 0.1) is 0 Å². The third-order valence-electron chi connectivity index (χ3n) is 3.50. The first-order valence-corrected chi connectivity index (χ1v) is 8.03. The highest BCUT2D eigenvalue weighted by atomic mass is 32.2. The summed E-state index contributed by atoms with van der Waals surface area (Å²) < 4.78 is 26.8. The Bertz CT molecular complexity index is 534. The normalized spacial score (nSPS) is 18.6. The zero-order valence-electron chi connectivity index (χ0n) is 12.0. The molecule has 20 heavy (non-hydrogen) atoms. The molecule has 0 aromatic heterocycles. The zero-order valence-corrected chi connectivity index (χ0v) is 12.8. The lowest BCUT2D eigenvalue weighted by Gasteiger charge is -2.35. The molecule has 6 nitrogen and oxygen atoms in total. The van der Waals surface area contributed by atoms with E-state index >= 15 is 0 Å². The van der Waals surface area contributed by atoms with Crippen molar-refractivity contribution >= 4 is 15.9 Å². The number of benzene rings is 1. The Balaban J connectivity index is 1.90. The summed E-state index contributed by atoms with van der Waals surface area (Å²) >= 11 is 0. The second-order valence-corrected chi connectivity index (χ2v) is 7.35. The minimum atomic E-state index is -3.28. The number of anilines is 1. The van der Waals surface area contributed by atoms with E-state index in [0.717, 1.165) is 25.3 Å². The second kappa shape index (κ2) is 6.09. The van der Waals surface area contributed by atoms with Crippen LogP contribution in [0.4, 0.5) is 5.69 Å². The van der Waals surface area contributed by atoms with E-state index in [-0.39, 0.29) is 0 Å². The van der Waals surface area contributed by atoms with E-state index in [4.69, 9.17) is 5.73 Å². The van der Waals surface area contributed by atoms with Gasteiger partial charge in [-0.25, -0.2) is 0 Å². The van der Waals surface area contributed by atoms with E-state index in [9.17, 15) is 8.42 Å². The van der Waals surface area contributed by atoms with E-state index < -0.39 is 10.2 Å². The molecule has 1 aromatic rings. The smallest absolute Gasteiger partial charge is 0.281 e. The van der Waals surface area contributed by atoms with E-state index in [1.165, 1.54) is 14.2 Å². The van der Waals surface area contributed by atoms with Crippen molar-refractivity contribution in [1.82, 2.24) is 13.5 Å². The molecule has 0 amide bonds. The first kappa shape index (κ1) is 15.2. The lowest BCUT2D eigenvalue weighted by Crippen LogP contribution is -2.51. The Morgan fingerprint density at radius 2 is 1.65 bits per heavy atom. The maximum atomic E-state index is 12.0. The van der Waals surface area contributed by atoms with Crippen LogP contribution < -0.4 is 5.73 Å². The summed E-state index contributed by atoms with van der Waals surface area (Å²) in [6.45, 7) is 3.40. The van der Waals surface area contributed by atoms with Gasteiger partial charge in [-0.05, 0) is 17.7 Å². The largest absolute Gasteiger partial charge is 0.399 e. The fraction of sp³-hybridized carbons (Fsp3) is 0.538. The predicted octanol–water partition coefficient (Wildman–Crippen LogP) is 0.193. The lowest BCUT2D eigenvalue weighted by molar-refractivity contribution is 0.177. The van der Waals surface area contributed by atoms with Crippen LogP contribution >= 0.6 is 0 Å². The van der Waals surface area contributed by atoms with Gasteiger partial charge in [0.15, 0.2) is 0 Å². The molecule has 1 saturated heterocycles.